The van der Waals surface area contributed by atoms with Gasteiger partial charge < -0.3 is 9.73 Å². The van der Waals surface area contributed by atoms with Crippen molar-refractivity contribution in [3.8, 4) is 6.07 Å². The van der Waals surface area contributed by atoms with E-state index in [0.717, 1.165) is 17.0 Å². The number of carbonyl (C=O) groups excluding carboxylic acids is 1. The first-order valence-electron chi connectivity index (χ1n) is 7.82. The first-order chi connectivity index (χ1) is 11.2. The third-order valence-electron chi connectivity index (χ3n) is 3.78. The number of allylic oxidation sites excluding steroid dienone is 1. The lowest BCUT2D eigenvalue weighted by atomic mass is 9.92. The number of furan rings is 1. The summed E-state index contributed by atoms with van der Waals surface area (Å²) in [6.45, 7) is 9.74. The summed E-state index contributed by atoms with van der Waals surface area (Å²) in [6, 6.07) is 11.4. The van der Waals surface area contributed by atoms with Gasteiger partial charge in [0.15, 0.2) is 0 Å². The molecular formula is C20H22N2O2. The highest BCUT2D eigenvalue weighted by Crippen LogP contribution is 2.28. The lowest BCUT2D eigenvalue weighted by Gasteiger charge is -2.13. The molecule has 0 atom stereocenters. The molecule has 1 aromatic heterocycles. The molecule has 4 nitrogen and oxygen atoms in total. The number of hydrogen-bond acceptors (Lipinski definition) is 4. The van der Waals surface area contributed by atoms with Crippen LogP contribution in [0.2, 0.25) is 0 Å². The molecule has 0 saturated carbocycles. The van der Waals surface area contributed by atoms with Gasteiger partial charge in [0.25, 0.3) is 0 Å². The number of benzene rings is 1. The van der Waals surface area contributed by atoms with E-state index in [1.54, 1.807) is 13.0 Å². The Morgan fingerprint density at radius 3 is 2.46 bits per heavy atom. The van der Waals surface area contributed by atoms with Gasteiger partial charge in [-0.2, -0.15) is 5.26 Å². The fourth-order valence-electron chi connectivity index (χ4n) is 2.26. The van der Waals surface area contributed by atoms with Crippen molar-refractivity contribution in [1.82, 2.24) is 0 Å². The second kappa shape index (κ2) is 6.76. The molecule has 24 heavy (non-hydrogen) atoms. The minimum Gasteiger partial charge on any atom is -0.465 e. The van der Waals surface area contributed by atoms with Crippen molar-refractivity contribution in [2.75, 3.05) is 5.32 Å². The van der Waals surface area contributed by atoms with Gasteiger partial charge in [-0.05, 0) is 31.5 Å². The van der Waals surface area contributed by atoms with E-state index in [2.05, 4.69) is 5.32 Å². The number of hydrogen-bond donors (Lipinski definition) is 1. The predicted molar refractivity (Wildman–Crippen MR) is 95.0 cm³/mol. The smallest absolute Gasteiger partial charge is 0.208 e. The van der Waals surface area contributed by atoms with Gasteiger partial charge in [-0.15, -0.1) is 0 Å². The van der Waals surface area contributed by atoms with E-state index in [9.17, 15) is 10.1 Å². The normalized spacial score (nSPS) is 11.9. The summed E-state index contributed by atoms with van der Waals surface area (Å²) in [5.74, 6) is 0.921. The van der Waals surface area contributed by atoms with Crippen molar-refractivity contribution >= 4 is 11.5 Å². The Hall–Kier alpha value is -2.80. The van der Waals surface area contributed by atoms with Crippen LogP contribution in [-0.4, -0.2) is 5.78 Å². The zero-order chi connectivity index (χ0) is 17.9. The molecule has 0 amide bonds. The van der Waals surface area contributed by atoms with Crippen LogP contribution in [0, 0.1) is 25.2 Å². The maximum absolute atomic E-state index is 12.7. The Kier molecular flexibility index (Phi) is 4.94. The molecule has 0 saturated heterocycles. The summed E-state index contributed by atoms with van der Waals surface area (Å²) >= 11 is 0. The minimum absolute atomic E-state index is 0.0441. The number of para-hydroxylation sites is 1. The van der Waals surface area contributed by atoms with Crippen molar-refractivity contribution in [2.24, 2.45) is 0 Å². The molecule has 0 aliphatic rings. The van der Waals surface area contributed by atoms with Crippen molar-refractivity contribution in [3.05, 3.63) is 64.8 Å². The summed E-state index contributed by atoms with van der Waals surface area (Å²) in [7, 11) is 0. The van der Waals surface area contributed by atoms with Crippen molar-refractivity contribution in [3.63, 3.8) is 0 Å². The van der Waals surface area contributed by atoms with Crippen LogP contribution < -0.4 is 5.32 Å². The SMILES string of the molecule is Cc1ccccc1N/C=C(\C#N)C(=O)c1cc(C(C)(C)C)oc1C. The number of nitrogens with one attached hydrogen (secondary N) is 1. The topological polar surface area (TPSA) is 66.0 Å². The first kappa shape index (κ1) is 17.6. The lowest BCUT2D eigenvalue weighted by molar-refractivity contribution is 0.103. The van der Waals surface area contributed by atoms with Gasteiger partial charge >= 0.3 is 0 Å². The quantitative estimate of drug-likeness (QED) is 0.494. The van der Waals surface area contributed by atoms with Gasteiger partial charge in [-0.1, -0.05) is 39.0 Å². The maximum Gasteiger partial charge on any atom is 0.208 e. The summed E-state index contributed by atoms with van der Waals surface area (Å²) in [6.07, 6.45) is 1.45. The Labute approximate surface area is 142 Å². The largest absolute Gasteiger partial charge is 0.465 e. The van der Waals surface area contributed by atoms with E-state index in [1.165, 1.54) is 6.20 Å². The highest BCUT2D eigenvalue weighted by molar-refractivity contribution is 6.12. The van der Waals surface area contributed by atoms with E-state index < -0.39 is 0 Å². The Morgan fingerprint density at radius 2 is 1.92 bits per heavy atom. The number of aryl methyl sites for hydroxylation is 2. The number of rotatable bonds is 4. The molecule has 0 radical (unpaired) electrons. The summed E-state index contributed by atoms with van der Waals surface area (Å²) in [5, 5.41) is 12.4. The third-order valence-corrected chi connectivity index (χ3v) is 3.78. The van der Waals surface area contributed by atoms with Gasteiger partial charge in [0, 0.05) is 17.3 Å². The van der Waals surface area contributed by atoms with Gasteiger partial charge in [0.1, 0.15) is 23.2 Å². The summed E-state index contributed by atoms with van der Waals surface area (Å²) < 4.78 is 5.70. The number of ketones is 1. The molecule has 1 N–H and O–H groups in total. The van der Waals surface area contributed by atoms with E-state index >= 15 is 0 Å². The molecule has 4 heteroatoms. The van der Waals surface area contributed by atoms with Gasteiger partial charge in [0.2, 0.25) is 5.78 Å². The van der Waals surface area contributed by atoms with Crippen LogP contribution in [-0.2, 0) is 5.41 Å². The van der Waals surface area contributed by atoms with Crippen LogP contribution in [0.3, 0.4) is 0 Å². The van der Waals surface area contributed by atoms with Crippen LogP contribution >= 0.6 is 0 Å². The second-order valence-corrected chi connectivity index (χ2v) is 6.79. The molecule has 1 aromatic carbocycles. The average Bonchev–Trinajstić information content (AvgIpc) is 2.91. The Balaban J connectivity index is 2.30. The van der Waals surface area contributed by atoms with Crippen molar-refractivity contribution < 1.29 is 9.21 Å². The van der Waals surface area contributed by atoms with Crippen molar-refractivity contribution in [2.45, 2.75) is 40.0 Å². The average molecular weight is 322 g/mol. The number of nitrogens with zero attached hydrogens (tertiary/aromatic N) is 1. The Bertz CT molecular complexity index is 830. The zero-order valence-corrected chi connectivity index (χ0v) is 14.7. The van der Waals surface area contributed by atoms with E-state index in [1.807, 2.05) is 58.0 Å². The highest BCUT2D eigenvalue weighted by atomic mass is 16.3. The molecule has 124 valence electrons. The van der Waals surface area contributed by atoms with Gasteiger partial charge in [-0.3, -0.25) is 4.79 Å². The van der Waals surface area contributed by atoms with Crippen LogP contribution in [0.4, 0.5) is 5.69 Å². The maximum atomic E-state index is 12.7. The lowest BCUT2D eigenvalue weighted by Crippen LogP contribution is -2.09. The third kappa shape index (κ3) is 3.75. The molecule has 2 aromatic rings. The van der Waals surface area contributed by atoms with Crippen LogP contribution in [0.15, 0.2) is 46.5 Å². The monoisotopic (exact) mass is 322 g/mol. The number of anilines is 1. The minimum atomic E-state index is -0.338. The Morgan fingerprint density at radius 1 is 1.25 bits per heavy atom. The molecular weight excluding hydrogens is 300 g/mol. The highest BCUT2D eigenvalue weighted by Gasteiger charge is 2.24. The molecule has 0 aliphatic carbocycles. The van der Waals surface area contributed by atoms with Crippen LogP contribution in [0.5, 0.6) is 0 Å². The standard InChI is InChI=1S/C20H22N2O2/c1-13-8-6-7-9-17(13)22-12-15(11-21)19(23)16-10-18(20(3,4)5)24-14(16)2/h6-10,12,22H,1-5H3/b15-12+. The molecule has 0 unspecified atom stereocenters. The van der Waals surface area contributed by atoms with Crippen molar-refractivity contribution in [1.29, 1.82) is 5.26 Å². The zero-order valence-electron chi connectivity index (χ0n) is 14.7. The predicted octanol–water partition coefficient (Wildman–Crippen LogP) is 4.90. The summed E-state index contributed by atoms with van der Waals surface area (Å²) in [5.41, 5.74) is 2.17. The molecule has 0 fully saturated rings. The molecule has 1 heterocycles. The molecule has 2 rings (SSSR count). The van der Waals surface area contributed by atoms with E-state index in [0.29, 0.717) is 11.3 Å². The van der Waals surface area contributed by atoms with Gasteiger partial charge in [0.05, 0.1) is 5.56 Å². The molecule has 0 aliphatic heterocycles. The van der Waals surface area contributed by atoms with Crippen LogP contribution in [0.25, 0.3) is 0 Å². The number of Topliss-reactive ketones (excluding diaryl/α,β-unsaturated/α-hetero) is 1. The molecule has 0 bridgehead atoms. The van der Waals surface area contributed by atoms with Crippen LogP contribution in [0.1, 0.15) is 48.2 Å². The fourth-order valence-corrected chi connectivity index (χ4v) is 2.26. The second-order valence-electron chi connectivity index (χ2n) is 6.79. The summed E-state index contributed by atoms with van der Waals surface area (Å²) in [4.78, 5) is 12.7. The van der Waals surface area contributed by atoms with Gasteiger partial charge in [-0.25, -0.2) is 0 Å². The number of carbonyl (C=O) groups is 1. The number of nitriles is 1. The van der Waals surface area contributed by atoms with E-state index in [4.69, 9.17) is 4.42 Å². The van der Waals surface area contributed by atoms with E-state index in [-0.39, 0.29) is 16.8 Å². The first-order valence-corrected chi connectivity index (χ1v) is 7.82. The molecule has 0 spiro atoms. The fraction of sp³-hybridized carbons (Fsp3) is 0.300.